The lowest BCUT2D eigenvalue weighted by Gasteiger charge is -2.04. The monoisotopic (exact) mass is 295 g/mol. The van der Waals surface area contributed by atoms with Crippen LogP contribution in [0.15, 0.2) is 35.4 Å². The number of benzene rings is 1. The van der Waals surface area contributed by atoms with Crippen LogP contribution in [0.1, 0.15) is 11.3 Å². The lowest BCUT2D eigenvalue weighted by molar-refractivity contribution is -0.389. The summed E-state index contributed by atoms with van der Waals surface area (Å²) in [4.78, 5) is 18.3. The summed E-state index contributed by atoms with van der Waals surface area (Å²) in [5.74, 6) is 0.592. The fraction of sp³-hybridized carbons (Fsp3) is 0.167. The molecule has 0 radical (unpaired) electrons. The van der Waals surface area contributed by atoms with E-state index in [1.54, 1.807) is 6.92 Å². The molecule has 0 aliphatic carbocycles. The number of halogens is 1. The van der Waals surface area contributed by atoms with Crippen molar-refractivity contribution in [2.75, 3.05) is 0 Å². The highest BCUT2D eigenvalue weighted by atomic mass is 35.5. The van der Waals surface area contributed by atoms with Crippen LogP contribution >= 0.6 is 23.4 Å². The number of nitro groups is 1. The first-order chi connectivity index (χ1) is 9.08. The predicted molar refractivity (Wildman–Crippen MR) is 74.4 cm³/mol. The predicted octanol–water partition coefficient (Wildman–Crippen LogP) is 3.64. The highest BCUT2D eigenvalue weighted by Gasteiger charge is 2.21. The zero-order valence-electron chi connectivity index (χ0n) is 10.0. The van der Waals surface area contributed by atoms with Crippen LogP contribution in [0.25, 0.3) is 0 Å². The standard InChI is InChI=1S/C12H10ClN3O2S/c1-8-10(16(17)18)11(15-12(13)14-8)19-7-9-5-3-2-4-6-9/h2-6H,7H2,1H3. The summed E-state index contributed by atoms with van der Waals surface area (Å²) in [6.45, 7) is 1.55. The minimum Gasteiger partial charge on any atom is -0.258 e. The minimum atomic E-state index is -0.473. The first-order valence-corrected chi connectivity index (χ1v) is 6.79. The molecule has 0 aliphatic heterocycles. The number of hydrogen-bond donors (Lipinski definition) is 0. The molecule has 0 N–H and O–H groups in total. The Morgan fingerprint density at radius 3 is 2.63 bits per heavy atom. The average Bonchev–Trinajstić information content (AvgIpc) is 2.36. The third kappa shape index (κ3) is 3.42. The van der Waals surface area contributed by atoms with Gasteiger partial charge < -0.3 is 0 Å². The second-order valence-electron chi connectivity index (χ2n) is 3.76. The summed E-state index contributed by atoms with van der Waals surface area (Å²) in [7, 11) is 0. The molecule has 0 fully saturated rings. The molecule has 98 valence electrons. The third-order valence-corrected chi connectivity index (χ3v) is 3.60. The second-order valence-corrected chi connectivity index (χ2v) is 5.07. The van der Waals surface area contributed by atoms with Gasteiger partial charge in [0, 0.05) is 5.75 Å². The molecule has 19 heavy (non-hydrogen) atoms. The van der Waals surface area contributed by atoms with Gasteiger partial charge in [-0.2, -0.15) is 0 Å². The number of thioether (sulfide) groups is 1. The molecule has 0 spiro atoms. The van der Waals surface area contributed by atoms with Crippen LogP contribution in [-0.4, -0.2) is 14.9 Å². The Kier molecular flexibility index (Phi) is 4.34. The van der Waals surface area contributed by atoms with E-state index in [0.717, 1.165) is 5.56 Å². The molecule has 0 saturated carbocycles. The van der Waals surface area contributed by atoms with E-state index in [1.165, 1.54) is 11.8 Å². The first-order valence-electron chi connectivity index (χ1n) is 5.43. The van der Waals surface area contributed by atoms with Gasteiger partial charge in [-0.3, -0.25) is 10.1 Å². The molecule has 0 amide bonds. The second kappa shape index (κ2) is 5.99. The van der Waals surface area contributed by atoms with Crippen LogP contribution in [0, 0.1) is 17.0 Å². The van der Waals surface area contributed by atoms with E-state index in [0.29, 0.717) is 10.8 Å². The van der Waals surface area contributed by atoms with E-state index in [-0.39, 0.29) is 16.7 Å². The largest absolute Gasteiger partial charge is 0.322 e. The highest BCUT2D eigenvalue weighted by Crippen LogP contribution is 2.32. The summed E-state index contributed by atoms with van der Waals surface area (Å²) in [5.41, 5.74) is 1.26. The van der Waals surface area contributed by atoms with E-state index in [1.807, 2.05) is 30.3 Å². The fourth-order valence-corrected chi connectivity index (χ4v) is 2.81. The molecule has 0 atom stereocenters. The van der Waals surface area contributed by atoms with Crippen molar-refractivity contribution in [1.29, 1.82) is 0 Å². The smallest absolute Gasteiger partial charge is 0.258 e. The first kappa shape index (κ1) is 13.8. The Morgan fingerprint density at radius 2 is 2.00 bits per heavy atom. The molecule has 0 aliphatic rings. The van der Waals surface area contributed by atoms with Gasteiger partial charge in [0.05, 0.1) is 4.92 Å². The van der Waals surface area contributed by atoms with Crippen LogP contribution in [0.5, 0.6) is 0 Å². The van der Waals surface area contributed by atoms with Crippen molar-refractivity contribution >= 4 is 29.1 Å². The fourth-order valence-electron chi connectivity index (χ4n) is 1.54. The molecule has 1 heterocycles. The molecule has 1 aromatic carbocycles. The summed E-state index contributed by atoms with van der Waals surface area (Å²) in [5, 5.41) is 11.4. The van der Waals surface area contributed by atoms with Gasteiger partial charge in [-0.05, 0) is 24.1 Å². The minimum absolute atomic E-state index is 0.0265. The average molecular weight is 296 g/mol. The molecule has 0 bridgehead atoms. The van der Waals surface area contributed by atoms with Gasteiger partial charge in [0.25, 0.3) is 0 Å². The summed E-state index contributed by atoms with van der Waals surface area (Å²) < 4.78 is 0. The van der Waals surface area contributed by atoms with Crippen molar-refractivity contribution in [3.63, 3.8) is 0 Å². The Hall–Kier alpha value is -1.66. The van der Waals surface area contributed by atoms with E-state index in [9.17, 15) is 10.1 Å². The van der Waals surface area contributed by atoms with E-state index in [4.69, 9.17) is 11.6 Å². The SMILES string of the molecule is Cc1nc(Cl)nc(SCc2ccccc2)c1[N+](=O)[O-]. The maximum absolute atomic E-state index is 11.0. The van der Waals surface area contributed by atoms with E-state index in [2.05, 4.69) is 9.97 Å². The molecule has 2 aromatic rings. The van der Waals surface area contributed by atoms with E-state index >= 15 is 0 Å². The maximum Gasteiger partial charge on any atom is 0.322 e. The van der Waals surface area contributed by atoms with Crippen molar-refractivity contribution in [1.82, 2.24) is 9.97 Å². The van der Waals surface area contributed by atoms with Gasteiger partial charge >= 0.3 is 5.69 Å². The molecule has 7 heteroatoms. The summed E-state index contributed by atoms with van der Waals surface area (Å²) in [6.07, 6.45) is 0. The lowest BCUT2D eigenvalue weighted by atomic mass is 10.2. The Balaban J connectivity index is 2.27. The number of aryl methyl sites for hydroxylation is 1. The number of hydrogen-bond acceptors (Lipinski definition) is 5. The van der Waals surface area contributed by atoms with E-state index < -0.39 is 4.92 Å². The Bertz CT molecular complexity index is 607. The quantitative estimate of drug-likeness (QED) is 0.283. The molecule has 1 aromatic heterocycles. The maximum atomic E-state index is 11.0. The van der Waals surface area contributed by atoms with Gasteiger partial charge in [0.15, 0.2) is 5.03 Å². The van der Waals surface area contributed by atoms with Gasteiger partial charge in [0.2, 0.25) is 5.28 Å². The topological polar surface area (TPSA) is 68.9 Å². The number of rotatable bonds is 4. The zero-order chi connectivity index (χ0) is 13.8. The van der Waals surface area contributed by atoms with Crippen LogP contribution in [-0.2, 0) is 5.75 Å². The van der Waals surface area contributed by atoms with Crippen LogP contribution in [0.4, 0.5) is 5.69 Å². The van der Waals surface area contributed by atoms with Crippen LogP contribution in [0.3, 0.4) is 0 Å². The Morgan fingerprint density at radius 1 is 1.32 bits per heavy atom. The summed E-state index contributed by atoms with van der Waals surface area (Å²) in [6, 6.07) is 9.66. The number of nitrogens with zero attached hydrogens (tertiary/aromatic N) is 3. The van der Waals surface area contributed by atoms with Crippen LogP contribution < -0.4 is 0 Å². The van der Waals surface area contributed by atoms with Gasteiger partial charge in [-0.25, -0.2) is 9.97 Å². The van der Waals surface area contributed by atoms with Gasteiger partial charge in [-0.15, -0.1) is 0 Å². The van der Waals surface area contributed by atoms with Crippen molar-refractivity contribution < 1.29 is 4.92 Å². The Labute approximate surface area is 119 Å². The van der Waals surface area contributed by atoms with Crippen molar-refractivity contribution in [2.45, 2.75) is 17.7 Å². The molecule has 0 saturated heterocycles. The zero-order valence-corrected chi connectivity index (χ0v) is 11.6. The molecular formula is C12H10ClN3O2S. The lowest BCUT2D eigenvalue weighted by Crippen LogP contribution is -2.00. The number of aromatic nitrogens is 2. The summed E-state index contributed by atoms with van der Waals surface area (Å²) >= 11 is 7.03. The van der Waals surface area contributed by atoms with Crippen molar-refractivity contribution in [2.24, 2.45) is 0 Å². The molecule has 0 unspecified atom stereocenters. The molecule has 2 rings (SSSR count). The highest BCUT2D eigenvalue weighted by molar-refractivity contribution is 7.98. The van der Waals surface area contributed by atoms with Crippen molar-refractivity contribution in [3.05, 3.63) is 57.0 Å². The van der Waals surface area contributed by atoms with Gasteiger partial charge in [-0.1, -0.05) is 42.1 Å². The molecule has 5 nitrogen and oxygen atoms in total. The van der Waals surface area contributed by atoms with Crippen molar-refractivity contribution in [3.8, 4) is 0 Å². The normalized spacial score (nSPS) is 10.4. The van der Waals surface area contributed by atoms with Gasteiger partial charge in [0.1, 0.15) is 5.69 Å². The van der Waals surface area contributed by atoms with Crippen LogP contribution in [0.2, 0.25) is 5.28 Å². The third-order valence-electron chi connectivity index (χ3n) is 2.40. The molecular weight excluding hydrogens is 286 g/mol.